The molecule has 0 radical (unpaired) electrons. The van der Waals surface area contributed by atoms with Gasteiger partial charge in [-0.1, -0.05) is 158 Å². The van der Waals surface area contributed by atoms with Crippen LogP contribution in [0.4, 0.5) is 17.1 Å². The van der Waals surface area contributed by atoms with E-state index in [1.807, 2.05) is 23.5 Å². The minimum absolute atomic E-state index is 0.906. The molecule has 0 aliphatic heterocycles. The Bertz CT molecular complexity index is 3580. The molecule has 2 nitrogen and oxygen atoms in total. The Labute approximate surface area is 357 Å². The number of thiophene rings is 1. The number of rotatable bonds is 7. The Hall–Kier alpha value is -7.72. The Morgan fingerprint density at radius 1 is 0.328 bits per heavy atom. The van der Waals surface area contributed by atoms with Gasteiger partial charge in [0.05, 0.1) is 0 Å². The summed E-state index contributed by atoms with van der Waals surface area (Å²) in [4.78, 5) is 2.35. The second kappa shape index (κ2) is 14.5. The summed E-state index contributed by atoms with van der Waals surface area (Å²) in [6.07, 6.45) is 0. The third kappa shape index (κ3) is 6.18. The number of hydrogen-bond acceptors (Lipinski definition) is 3. The summed E-state index contributed by atoms with van der Waals surface area (Å²) < 4.78 is 9.06. The van der Waals surface area contributed by atoms with Crippen LogP contribution in [0.3, 0.4) is 0 Å². The number of anilines is 3. The van der Waals surface area contributed by atoms with E-state index in [0.717, 1.165) is 50.1 Å². The average molecular weight is 796 g/mol. The maximum absolute atomic E-state index is 6.43. The van der Waals surface area contributed by atoms with E-state index < -0.39 is 0 Å². The predicted molar refractivity (Wildman–Crippen MR) is 261 cm³/mol. The van der Waals surface area contributed by atoms with Crippen molar-refractivity contribution in [3.8, 4) is 44.5 Å². The molecule has 0 N–H and O–H groups in total. The monoisotopic (exact) mass is 795 g/mol. The van der Waals surface area contributed by atoms with Gasteiger partial charge in [-0.25, -0.2) is 0 Å². The van der Waals surface area contributed by atoms with Gasteiger partial charge in [0.2, 0.25) is 0 Å². The quantitative estimate of drug-likeness (QED) is 0.160. The van der Waals surface area contributed by atoms with Crippen LogP contribution in [0.15, 0.2) is 229 Å². The fraction of sp³-hybridized carbons (Fsp3) is 0. The molecule has 3 heteroatoms. The number of nitrogens with zero attached hydrogens (tertiary/aromatic N) is 1. The largest absolute Gasteiger partial charge is 0.455 e. The van der Waals surface area contributed by atoms with Crippen molar-refractivity contribution < 1.29 is 4.42 Å². The van der Waals surface area contributed by atoms with Gasteiger partial charge in [0.1, 0.15) is 11.2 Å². The lowest BCUT2D eigenvalue weighted by molar-refractivity contribution is 0.670. The van der Waals surface area contributed by atoms with Crippen LogP contribution in [0, 0.1) is 0 Å². The Morgan fingerprint density at radius 3 is 1.62 bits per heavy atom. The molecule has 0 bridgehead atoms. The van der Waals surface area contributed by atoms with Crippen molar-refractivity contribution in [3.05, 3.63) is 224 Å². The molecule has 0 atom stereocenters. The molecule has 286 valence electrons. The topological polar surface area (TPSA) is 16.4 Å². The Balaban J connectivity index is 0.929. The molecule has 61 heavy (non-hydrogen) atoms. The lowest BCUT2D eigenvalue weighted by Gasteiger charge is -2.26. The van der Waals surface area contributed by atoms with Crippen LogP contribution in [0.25, 0.3) is 97.4 Å². The standard InChI is InChI=1S/C58H37NOS/c1-2-11-42-37-45(23-22-38(42)10-1)44-13-7-12-43(36-44)39-24-30-46(31-25-39)59(47-32-26-40(27-33-47)49-16-9-21-56-57(49)53-15-4-6-20-55(53)61-56)48-34-28-41(29-35-48)50-17-8-18-52-51-14-3-5-19-54(51)60-58(50)52/h1-37H. The zero-order valence-electron chi connectivity index (χ0n) is 33.1. The molecule has 0 saturated carbocycles. The minimum atomic E-state index is 0.906. The predicted octanol–water partition coefficient (Wildman–Crippen LogP) is 17.2. The van der Waals surface area contributed by atoms with E-state index in [1.54, 1.807) is 0 Å². The maximum Gasteiger partial charge on any atom is 0.143 e. The van der Waals surface area contributed by atoms with Gasteiger partial charge < -0.3 is 9.32 Å². The van der Waals surface area contributed by atoms with Crippen molar-refractivity contribution in [2.75, 3.05) is 4.90 Å². The second-order valence-electron chi connectivity index (χ2n) is 15.7. The first-order valence-corrected chi connectivity index (χ1v) is 21.5. The van der Waals surface area contributed by atoms with E-state index in [1.165, 1.54) is 64.3 Å². The van der Waals surface area contributed by atoms with Gasteiger partial charge in [-0.05, 0) is 116 Å². The summed E-state index contributed by atoms with van der Waals surface area (Å²) in [5.41, 5.74) is 14.5. The average Bonchev–Trinajstić information content (AvgIpc) is 3.91. The summed E-state index contributed by atoms with van der Waals surface area (Å²) in [5, 5.41) is 7.40. The summed E-state index contributed by atoms with van der Waals surface area (Å²) in [5.74, 6) is 0. The van der Waals surface area contributed by atoms with Gasteiger partial charge in [-0.3, -0.25) is 0 Å². The molecule has 0 unspecified atom stereocenters. The molecule has 0 fully saturated rings. The normalized spacial score (nSPS) is 11.6. The van der Waals surface area contributed by atoms with Crippen LogP contribution in [0.2, 0.25) is 0 Å². The fourth-order valence-corrected chi connectivity index (χ4v) is 10.2. The number of hydrogen-bond donors (Lipinski definition) is 0. The zero-order chi connectivity index (χ0) is 40.3. The van der Waals surface area contributed by atoms with E-state index in [0.29, 0.717) is 0 Å². The summed E-state index contributed by atoms with van der Waals surface area (Å²) in [7, 11) is 0. The molecule has 0 amide bonds. The molecule has 2 aromatic heterocycles. The molecule has 12 rings (SSSR count). The zero-order valence-corrected chi connectivity index (χ0v) is 33.9. The third-order valence-electron chi connectivity index (χ3n) is 12.1. The van der Waals surface area contributed by atoms with Crippen LogP contribution >= 0.6 is 11.3 Å². The smallest absolute Gasteiger partial charge is 0.143 e. The molecule has 0 aliphatic rings. The molecule has 10 aromatic carbocycles. The first-order chi connectivity index (χ1) is 30.2. The highest BCUT2D eigenvalue weighted by Crippen LogP contribution is 2.43. The van der Waals surface area contributed by atoms with Crippen LogP contribution in [-0.2, 0) is 0 Å². The Morgan fingerprint density at radius 2 is 0.852 bits per heavy atom. The highest BCUT2D eigenvalue weighted by Gasteiger charge is 2.17. The van der Waals surface area contributed by atoms with Crippen molar-refractivity contribution in [1.82, 2.24) is 0 Å². The van der Waals surface area contributed by atoms with Gasteiger partial charge >= 0.3 is 0 Å². The number of para-hydroxylation sites is 2. The summed E-state index contributed by atoms with van der Waals surface area (Å²) >= 11 is 1.86. The van der Waals surface area contributed by atoms with E-state index in [-0.39, 0.29) is 0 Å². The molecular formula is C58H37NOS. The van der Waals surface area contributed by atoms with Crippen molar-refractivity contribution in [2.24, 2.45) is 0 Å². The summed E-state index contributed by atoms with van der Waals surface area (Å²) in [6, 6.07) is 81.1. The molecule has 0 aliphatic carbocycles. The number of furan rings is 1. The van der Waals surface area contributed by atoms with Gasteiger partial charge in [0.15, 0.2) is 0 Å². The van der Waals surface area contributed by atoms with Crippen molar-refractivity contribution in [2.45, 2.75) is 0 Å². The van der Waals surface area contributed by atoms with Gasteiger partial charge in [0, 0.05) is 53.6 Å². The van der Waals surface area contributed by atoms with Crippen LogP contribution < -0.4 is 4.90 Å². The first-order valence-electron chi connectivity index (χ1n) is 20.7. The van der Waals surface area contributed by atoms with Gasteiger partial charge in [0.25, 0.3) is 0 Å². The fourth-order valence-electron chi connectivity index (χ4n) is 9.07. The molecular weight excluding hydrogens is 759 g/mol. The lowest BCUT2D eigenvalue weighted by Crippen LogP contribution is -2.09. The third-order valence-corrected chi connectivity index (χ3v) is 13.2. The van der Waals surface area contributed by atoms with Crippen LogP contribution in [0.5, 0.6) is 0 Å². The van der Waals surface area contributed by atoms with E-state index in [2.05, 4.69) is 217 Å². The molecule has 2 heterocycles. The minimum Gasteiger partial charge on any atom is -0.455 e. The SMILES string of the molecule is c1cc(-c2ccc(N(c3ccc(-c4cccc5c4oc4ccccc45)cc3)c3ccc(-c4cccc5sc6ccccc6c45)cc3)cc2)cc(-c2ccc3ccccc3c2)c1. The maximum atomic E-state index is 6.43. The van der Waals surface area contributed by atoms with Crippen LogP contribution in [-0.4, -0.2) is 0 Å². The van der Waals surface area contributed by atoms with Gasteiger partial charge in [-0.2, -0.15) is 0 Å². The molecule has 0 spiro atoms. The van der Waals surface area contributed by atoms with Crippen molar-refractivity contribution >= 4 is 81.3 Å². The van der Waals surface area contributed by atoms with E-state index >= 15 is 0 Å². The number of fused-ring (bicyclic) bond motifs is 7. The highest BCUT2D eigenvalue weighted by molar-refractivity contribution is 7.25. The molecule has 12 aromatic rings. The van der Waals surface area contributed by atoms with E-state index in [9.17, 15) is 0 Å². The number of benzene rings is 10. The van der Waals surface area contributed by atoms with Crippen molar-refractivity contribution in [3.63, 3.8) is 0 Å². The molecule has 0 saturated heterocycles. The highest BCUT2D eigenvalue weighted by atomic mass is 32.1. The second-order valence-corrected chi connectivity index (χ2v) is 16.8. The van der Waals surface area contributed by atoms with Crippen molar-refractivity contribution in [1.29, 1.82) is 0 Å². The summed E-state index contributed by atoms with van der Waals surface area (Å²) in [6.45, 7) is 0. The lowest BCUT2D eigenvalue weighted by atomic mass is 9.97. The van der Waals surface area contributed by atoms with Gasteiger partial charge in [-0.15, -0.1) is 11.3 Å². The van der Waals surface area contributed by atoms with E-state index in [4.69, 9.17) is 4.42 Å². The first kappa shape index (κ1) is 35.2. The Kier molecular flexibility index (Phi) is 8.39. The van der Waals surface area contributed by atoms with Crippen LogP contribution in [0.1, 0.15) is 0 Å².